The Morgan fingerprint density at radius 2 is 2.04 bits per heavy atom. The normalized spacial score (nSPS) is 11.2. The van der Waals surface area contributed by atoms with Crippen LogP contribution in [0.4, 0.5) is 0 Å². The maximum Gasteiger partial charge on any atom is 0.307 e. The summed E-state index contributed by atoms with van der Waals surface area (Å²) >= 11 is 5.21. The van der Waals surface area contributed by atoms with Gasteiger partial charge in [-0.15, -0.1) is 11.3 Å². The van der Waals surface area contributed by atoms with Crippen LogP contribution in [0.1, 0.15) is 11.1 Å². The molecule has 4 aromatic rings. The number of carboxylic acids is 1. The first-order chi connectivity index (χ1) is 12.1. The molecule has 6 heteroatoms. The van der Waals surface area contributed by atoms with Gasteiger partial charge in [0.05, 0.1) is 17.4 Å². The zero-order valence-corrected chi connectivity index (χ0v) is 15.4. The van der Waals surface area contributed by atoms with Gasteiger partial charge in [-0.05, 0) is 23.6 Å². The van der Waals surface area contributed by atoms with Gasteiger partial charge in [0.2, 0.25) is 0 Å². The smallest absolute Gasteiger partial charge is 0.307 e. The average molecular weight is 417 g/mol. The topological polar surface area (TPSA) is 59.7 Å². The number of aliphatic carboxylic acids is 1. The summed E-state index contributed by atoms with van der Waals surface area (Å²) in [5.74, 6) is -0.274. The summed E-state index contributed by atoms with van der Waals surface area (Å²) < 4.78 is 13.6. The number of fused-ring (bicyclic) bond motifs is 3. The maximum absolute atomic E-state index is 11.0. The van der Waals surface area contributed by atoms with Crippen molar-refractivity contribution < 1.29 is 19.1 Å². The van der Waals surface area contributed by atoms with Crippen LogP contribution in [0, 0.1) is 0 Å². The van der Waals surface area contributed by atoms with Gasteiger partial charge in [0, 0.05) is 26.4 Å². The molecule has 1 N–H and O–H groups in total. The zero-order valence-electron chi connectivity index (χ0n) is 13.0. The molecule has 0 saturated carbocycles. The second-order valence-corrected chi connectivity index (χ2v) is 7.36. The molecule has 4 nitrogen and oxygen atoms in total. The van der Waals surface area contributed by atoms with Crippen LogP contribution in [-0.2, 0) is 17.8 Å². The van der Waals surface area contributed by atoms with E-state index in [1.165, 1.54) is 0 Å². The van der Waals surface area contributed by atoms with E-state index < -0.39 is 5.97 Å². The van der Waals surface area contributed by atoms with Crippen LogP contribution in [0.25, 0.3) is 21.1 Å². The minimum Gasteiger partial charge on any atom is -0.489 e. The van der Waals surface area contributed by atoms with Crippen LogP contribution in [-0.4, -0.2) is 11.1 Å². The van der Waals surface area contributed by atoms with Gasteiger partial charge < -0.3 is 14.3 Å². The summed E-state index contributed by atoms with van der Waals surface area (Å²) in [5.41, 5.74) is 2.58. The summed E-state index contributed by atoms with van der Waals surface area (Å²) in [6.07, 6.45) is 1.63. The number of carbonyl (C=O) groups is 1. The molecule has 0 unspecified atom stereocenters. The van der Waals surface area contributed by atoms with E-state index in [1.807, 2.05) is 18.2 Å². The molecule has 0 amide bonds. The second-order valence-electron chi connectivity index (χ2n) is 5.63. The first-order valence-corrected chi connectivity index (χ1v) is 9.29. The van der Waals surface area contributed by atoms with E-state index in [-0.39, 0.29) is 6.42 Å². The summed E-state index contributed by atoms with van der Waals surface area (Å²) in [5, 5.41) is 13.2. The van der Waals surface area contributed by atoms with Gasteiger partial charge >= 0.3 is 5.97 Å². The van der Waals surface area contributed by atoms with Gasteiger partial charge in [-0.25, -0.2) is 0 Å². The van der Waals surface area contributed by atoms with Gasteiger partial charge in [-0.1, -0.05) is 34.1 Å². The molecule has 25 heavy (non-hydrogen) atoms. The van der Waals surface area contributed by atoms with Crippen molar-refractivity contribution in [1.29, 1.82) is 0 Å². The van der Waals surface area contributed by atoms with Gasteiger partial charge in [0.15, 0.2) is 5.58 Å². The molecule has 0 aliphatic heterocycles. The molecule has 0 saturated heterocycles. The Balaban J connectivity index is 1.66. The minimum absolute atomic E-state index is 0.0564. The maximum atomic E-state index is 11.0. The predicted molar refractivity (Wildman–Crippen MR) is 101 cm³/mol. The van der Waals surface area contributed by atoms with E-state index in [9.17, 15) is 4.79 Å². The highest BCUT2D eigenvalue weighted by Crippen LogP contribution is 2.38. The number of halogens is 1. The minimum atomic E-state index is -0.874. The molecule has 2 heterocycles. The highest BCUT2D eigenvalue weighted by Gasteiger charge is 2.14. The standard InChI is InChI=1S/C19H13BrO4S/c20-15-8-14-12(10-25-19(14)18-13(15)5-6-23-18)9-24-16-4-2-1-3-11(16)7-17(21)22/h1-6,8,10H,7,9H2,(H,21,22). The summed E-state index contributed by atoms with van der Waals surface area (Å²) in [6, 6.07) is 11.2. The molecule has 0 aliphatic carbocycles. The second kappa shape index (κ2) is 6.54. The molecule has 0 fully saturated rings. The summed E-state index contributed by atoms with van der Waals surface area (Å²) in [4.78, 5) is 11.0. The Morgan fingerprint density at radius 1 is 1.20 bits per heavy atom. The van der Waals surface area contributed by atoms with Crippen LogP contribution in [0.5, 0.6) is 5.75 Å². The molecule has 2 aromatic heterocycles. The van der Waals surface area contributed by atoms with Gasteiger partial charge in [0.25, 0.3) is 0 Å². The van der Waals surface area contributed by atoms with Crippen molar-refractivity contribution in [3.63, 3.8) is 0 Å². The molecular weight excluding hydrogens is 404 g/mol. The average Bonchev–Trinajstić information content (AvgIpc) is 3.21. The molecule has 2 aromatic carbocycles. The van der Waals surface area contributed by atoms with Crippen LogP contribution in [0.2, 0.25) is 0 Å². The Labute approximate surface area is 155 Å². The lowest BCUT2D eigenvalue weighted by Crippen LogP contribution is -2.03. The lowest BCUT2D eigenvalue weighted by atomic mass is 10.1. The van der Waals surface area contributed by atoms with Crippen LogP contribution in [0.3, 0.4) is 0 Å². The quantitative estimate of drug-likeness (QED) is 0.458. The Hall–Kier alpha value is -2.31. The lowest BCUT2D eigenvalue weighted by molar-refractivity contribution is -0.136. The van der Waals surface area contributed by atoms with Gasteiger partial charge in [-0.3, -0.25) is 4.79 Å². The van der Waals surface area contributed by atoms with Crippen molar-refractivity contribution in [2.75, 3.05) is 0 Å². The molecule has 0 atom stereocenters. The highest BCUT2D eigenvalue weighted by atomic mass is 79.9. The summed E-state index contributed by atoms with van der Waals surface area (Å²) in [7, 11) is 0. The first-order valence-electron chi connectivity index (χ1n) is 7.62. The molecule has 0 bridgehead atoms. The Morgan fingerprint density at radius 3 is 2.88 bits per heavy atom. The molecule has 4 rings (SSSR count). The monoisotopic (exact) mass is 416 g/mol. The fourth-order valence-electron chi connectivity index (χ4n) is 2.84. The number of rotatable bonds is 5. The van der Waals surface area contributed by atoms with Crippen molar-refractivity contribution in [3.05, 3.63) is 63.6 Å². The van der Waals surface area contributed by atoms with Crippen molar-refractivity contribution in [2.24, 2.45) is 0 Å². The number of benzene rings is 2. The number of para-hydroxylation sites is 1. The molecule has 0 aliphatic rings. The number of hydrogen-bond donors (Lipinski definition) is 1. The lowest BCUT2D eigenvalue weighted by Gasteiger charge is -2.10. The molecule has 126 valence electrons. The zero-order chi connectivity index (χ0) is 17.4. The third-order valence-corrected chi connectivity index (χ3v) is 5.71. The van der Waals surface area contributed by atoms with E-state index in [4.69, 9.17) is 14.3 Å². The van der Waals surface area contributed by atoms with E-state index in [0.29, 0.717) is 17.9 Å². The SMILES string of the molecule is O=C(O)Cc1ccccc1OCc1csc2c1cc(Br)c1ccoc12. The molecule has 0 radical (unpaired) electrons. The number of thiophene rings is 1. The fourth-order valence-corrected chi connectivity index (χ4v) is 4.41. The predicted octanol–water partition coefficient (Wildman–Crippen LogP) is 5.62. The van der Waals surface area contributed by atoms with Gasteiger partial charge in [-0.2, -0.15) is 0 Å². The Bertz CT molecular complexity index is 1080. The molecular formula is C19H13BrO4S. The van der Waals surface area contributed by atoms with Crippen LogP contribution >= 0.6 is 27.3 Å². The third-order valence-electron chi connectivity index (χ3n) is 4.01. The number of ether oxygens (including phenoxy) is 1. The number of hydrogen-bond acceptors (Lipinski definition) is 4. The van der Waals surface area contributed by atoms with Crippen molar-refractivity contribution in [1.82, 2.24) is 0 Å². The highest BCUT2D eigenvalue weighted by molar-refractivity contribution is 9.10. The van der Waals surface area contributed by atoms with Crippen LogP contribution in [0.15, 0.2) is 56.9 Å². The van der Waals surface area contributed by atoms with Crippen molar-refractivity contribution >= 4 is 54.3 Å². The van der Waals surface area contributed by atoms with Gasteiger partial charge in [0.1, 0.15) is 12.4 Å². The van der Waals surface area contributed by atoms with E-state index in [2.05, 4.69) is 27.4 Å². The summed E-state index contributed by atoms with van der Waals surface area (Å²) in [6.45, 7) is 0.370. The van der Waals surface area contributed by atoms with E-state index in [0.717, 1.165) is 31.1 Å². The fraction of sp³-hybridized carbons (Fsp3) is 0.105. The number of furan rings is 1. The van der Waals surface area contributed by atoms with E-state index >= 15 is 0 Å². The van der Waals surface area contributed by atoms with Crippen molar-refractivity contribution in [2.45, 2.75) is 13.0 Å². The van der Waals surface area contributed by atoms with Crippen molar-refractivity contribution in [3.8, 4) is 5.75 Å². The third kappa shape index (κ3) is 3.03. The Kier molecular flexibility index (Phi) is 4.23. The first kappa shape index (κ1) is 16.2. The van der Waals surface area contributed by atoms with E-state index in [1.54, 1.807) is 29.7 Å². The largest absolute Gasteiger partial charge is 0.489 e. The molecule has 0 spiro atoms. The number of carboxylic acid groups (broad SMARTS) is 1. The van der Waals surface area contributed by atoms with Crippen LogP contribution < -0.4 is 4.74 Å².